The molecule has 0 spiro atoms. The minimum Gasteiger partial charge on any atom is -0.383 e. The predicted molar refractivity (Wildman–Crippen MR) is 73.2 cm³/mol. The van der Waals surface area contributed by atoms with Crippen LogP contribution < -0.4 is 5.32 Å². The van der Waals surface area contributed by atoms with Gasteiger partial charge in [-0.05, 0) is 24.3 Å². The van der Waals surface area contributed by atoms with Gasteiger partial charge in [0, 0.05) is 34.7 Å². The predicted octanol–water partition coefficient (Wildman–Crippen LogP) is 3.96. The maximum absolute atomic E-state index is 5.89. The molecule has 0 amide bonds. The van der Waals surface area contributed by atoms with E-state index in [9.17, 15) is 0 Å². The monoisotopic (exact) mass is 276 g/mol. The summed E-state index contributed by atoms with van der Waals surface area (Å²) in [5, 5.41) is 5.00. The van der Waals surface area contributed by atoms with Crippen LogP contribution >= 0.6 is 35.6 Å². The molecule has 0 saturated carbocycles. The van der Waals surface area contributed by atoms with Crippen LogP contribution in [0, 0.1) is 0 Å². The fourth-order valence-electron chi connectivity index (χ4n) is 1.46. The first-order chi connectivity index (χ1) is 7.31. The lowest BCUT2D eigenvalue weighted by Crippen LogP contribution is -2.02. The fourth-order valence-corrected chi connectivity index (χ4v) is 1.72. The number of benzene rings is 1. The van der Waals surface area contributed by atoms with Gasteiger partial charge >= 0.3 is 0 Å². The Morgan fingerprint density at radius 3 is 2.81 bits per heavy atom. The lowest BCUT2D eigenvalue weighted by Gasteiger charge is -2.07. The molecule has 0 radical (unpaired) electrons. The first-order valence-electron chi connectivity index (χ1n) is 4.65. The van der Waals surface area contributed by atoms with Crippen molar-refractivity contribution in [1.29, 1.82) is 0 Å². The summed E-state index contributed by atoms with van der Waals surface area (Å²) in [7, 11) is 0. The maximum atomic E-state index is 5.89. The Labute approximate surface area is 110 Å². The van der Waals surface area contributed by atoms with E-state index >= 15 is 0 Å². The van der Waals surface area contributed by atoms with Gasteiger partial charge in [-0.2, -0.15) is 0 Å². The number of fused-ring (bicyclic) bond motifs is 1. The van der Waals surface area contributed by atoms with E-state index in [0.29, 0.717) is 10.9 Å². The first kappa shape index (κ1) is 13.4. The van der Waals surface area contributed by atoms with Gasteiger partial charge in [0.15, 0.2) is 0 Å². The molecular weight excluding hydrogens is 266 g/mol. The number of pyridine rings is 1. The van der Waals surface area contributed by atoms with Crippen molar-refractivity contribution in [3.05, 3.63) is 35.5 Å². The van der Waals surface area contributed by atoms with Crippen molar-refractivity contribution >= 4 is 52.2 Å². The third kappa shape index (κ3) is 2.91. The summed E-state index contributed by atoms with van der Waals surface area (Å²) < 4.78 is 0. The van der Waals surface area contributed by atoms with Crippen LogP contribution in [0.2, 0.25) is 5.02 Å². The summed E-state index contributed by atoms with van der Waals surface area (Å²) in [4.78, 5) is 4.25. The standard InChI is InChI=1S/C11H10Cl2N2.ClH/c12-4-6-15-10-3-5-14-11-7-8(13)1-2-9(10)11;/h1-3,5,7H,4,6H2,(H,14,15);1H. The summed E-state index contributed by atoms with van der Waals surface area (Å²) in [6.07, 6.45) is 1.76. The third-order valence-corrected chi connectivity index (χ3v) is 2.54. The van der Waals surface area contributed by atoms with Crippen LogP contribution in [-0.2, 0) is 0 Å². The van der Waals surface area contributed by atoms with E-state index in [4.69, 9.17) is 23.2 Å². The summed E-state index contributed by atoms with van der Waals surface area (Å²) in [5.74, 6) is 0.581. The van der Waals surface area contributed by atoms with Gasteiger partial charge < -0.3 is 5.32 Å². The normalized spacial score (nSPS) is 9.88. The molecule has 0 bridgehead atoms. The third-order valence-electron chi connectivity index (χ3n) is 2.11. The Morgan fingerprint density at radius 2 is 2.06 bits per heavy atom. The molecule has 0 fully saturated rings. The van der Waals surface area contributed by atoms with Gasteiger partial charge in [0.2, 0.25) is 0 Å². The Morgan fingerprint density at radius 1 is 1.25 bits per heavy atom. The average Bonchev–Trinajstić information content (AvgIpc) is 2.25. The summed E-state index contributed by atoms with van der Waals surface area (Å²) in [5.41, 5.74) is 1.93. The van der Waals surface area contributed by atoms with E-state index < -0.39 is 0 Å². The molecule has 2 nitrogen and oxygen atoms in total. The second kappa shape index (κ2) is 6.14. The average molecular weight is 278 g/mol. The zero-order valence-electron chi connectivity index (χ0n) is 8.41. The molecule has 0 atom stereocenters. The van der Waals surface area contributed by atoms with Crippen LogP contribution in [-0.4, -0.2) is 17.4 Å². The molecule has 5 heteroatoms. The largest absolute Gasteiger partial charge is 0.383 e. The number of rotatable bonds is 3. The molecule has 0 saturated heterocycles. The van der Waals surface area contributed by atoms with Crippen molar-refractivity contribution in [3.63, 3.8) is 0 Å². The second-order valence-corrected chi connectivity index (χ2v) is 3.95. The van der Waals surface area contributed by atoms with Crippen LogP contribution in [0.4, 0.5) is 5.69 Å². The number of hydrogen-bond acceptors (Lipinski definition) is 2. The van der Waals surface area contributed by atoms with Gasteiger partial charge in [0.25, 0.3) is 0 Å². The number of nitrogens with one attached hydrogen (secondary N) is 1. The van der Waals surface area contributed by atoms with Crippen LogP contribution in [0.15, 0.2) is 30.5 Å². The van der Waals surface area contributed by atoms with Crippen molar-refractivity contribution in [2.75, 3.05) is 17.7 Å². The van der Waals surface area contributed by atoms with E-state index in [2.05, 4.69) is 10.3 Å². The van der Waals surface area contributed by atoms with Gasteiger partial charge in [-0.25, -0.2) is 0 Å². The molecule has 0 unspecified atom stereocenters. The van der Waals surface area contributed by atoms with Crippen molar-refractivity contribution in [1.82, 2.24) is 4.98 Å². The highest BCUT2D eigenvalue weighted by molar-refractivity contribution is 6.31. The highest BCUT2D eigenvalue weighted by atomic mass is 35.5. The quantitative estimate of drug-likeness (QED) is 0.859. The van der Waals surface area contributed by atoms with Gasteiger partial charge in [-0.3, -0.25) is 4.98 Å². The van der Waals surface area contributed by atoms with Crippen molar-refractivity contribution in [3.8, 4) is 0 Å². The molecule has 16 heavy (non-hydrogen) atoms. The molecule has 0 aliphatic heterocycles. The smallest absolute Gasteiger partial charge is 0.0737 e. The molecule has 1 heterocycles. The number of hydrogen-bond donors (Lipinski definition) is 1. The van der Waals surface area contributed by atoms with E-state index in [0.717, 1.165) is 23.1 Å². The van der Waals surface area contributed by atoms with E-state index in [1.807, 2.05) is 24.3 Å². The van der Waals surface area contributed by atoms with Crippen molar-refractivity contribution < 1.29 is 0 Å². The van der Waals surface area contributed by atoms with Crippen molar-refractivity contribution in [2.45, 2.75) is 0 Å². The summed E-state index contributed by atoms with van der Waals surface area (Å²) in [6.45, 7) is 0.739. The summed E-state index contributed by atoms with van der Waals surface area (Å²) in [6, 6.07) is 7.60. The van der Waals surface area contributed by atoms with Crippen LogP contribution in [0.5, 0.6) is 0 Å². The van der Waals surface area contributed by atoms with E-state index in [1.54, 1.807) is 6.20 Å². The highest BCUT2D eigenvalue weighted by Crippen LogP contribution is 2.24. The SMILES string of the molecule is Cl.ClCCNc1ccnc2cc(Cl)ccc12. The van der Waals surface area contributed by atoms with Crippen LogP contribution in [0.3, 0.4) is 0 Å². The number of halogens is 3. The Balaban J connectivity index is 0.00000128. The number of nitrogens with zero attached hydrogens (tertiary/aromatic N) is 1. The molecule has 0 aliphatic carbocycles. The second-order valence-electron chi connectivity index (χ2n) is 3.14. The minimum atomic E-state index is 0. The zero-order chi connectivity index (χ0) is 10.7. The highest BCUT2D eigenvalue weighted by Gasteiger charge is 2.01. The van der Waals surface area contributed by atoms with Gasteiger partial charge in [0.05, 0.1) is 5.52 Å². The zero-order valence-corrected chi connectivity index (χ0v) is 10.7. The first-order valence-corrected chi connectivity index (χ1v) is 5.56. The number of alkyl halides is 1. The molecular formula is C11H11Cl3N2. The van der Waals surface area contributed by atoms with Gasteiger partial charge in [0.1, 0.15) is 0 Å². The summed E-state index contributed by atoms with van der Waals surface area (Å²) >= 11 is 11.5. The molecule has 0 aliphatic rings. The van der Waals surface area contributed by atoms with Crippen LogP contribution in [0.1, 0.15) is 0 Å². The van der Waals surface area contributed by atoms with Crippen LogP contribution in [0.25, 0.3) is 10.9 Å². The number of anilines is 1. The van der Waals surface area contributed by atoms with Crippen molar-refractivity contribution in [2.24, 2.45) is 0 Å². The Kier molecular flexibility index (Phi) is 5.13. The Hall–Kier alpha value is -0.700. The lowest BCUT2D eigenvalue weighted by molar-refractivity contribution is 1.22. The van der Waals surface area contributed by atoms with Gasteiger partial charge in [-0.15, -0.1) is 24.0 Å². The number of aromatic nitrogens is 1. The van der Waals surface area contributed by atoms with Gasteiger partial charge in [-0.1, -0.05) is 11.6 Å². The molecule has 2 aromatic rings. The Bertz CT molecular complexity index is 474. The molecule has 1 aromatic heterocycles. The molecule has 1 aromatic carbocycles. The minimum absolute atomic E-state index is 0. The molecule has 1 N–H and O–H groups in total. The molecule has 2 rings (SSSR count). The van der Waals surface area contributed by atoms with E-state index in [1.165, 1.54) is 0 Å². The maximum Gasteiger partial charge on any atom is 0.0737 e. The van der Waals surface area contributed by atoms with E-state index in [-0.39, 0.29) is 12.4 Å². The molecule has 86 valence electrons. The fraction of sp³-hybridized carbons (Fsp3) is 0.182. The topological polar surface area (TPSA) is 24.9 Å². The lowest BCUT2D eigenvalue weighted by atomic mass is 10.2.